The number of esters is 1. The third-order valence-electron chi connectivity index (χ3n) is 1.65. The van der Waals surface area contributed by atoms with Crippen molar-refractivity contribution in [2.45, 2.75) is 0 Å². The molecule has 0 aromatic carbocycles. The monoisotopic (exact) mass is 198 g/mol. The molecule has 0 saturated carbocycles. The lowest BCUT2D eigenvalue weighted by Gasteiger charge is -1.92. The molecule has 68 valence electrons. The van der Waals surface area contributed by atoms with Crippen LogP contribution in [0.4, 0.5) is 0 Å². The second-order valence-electron chi connectivity index (χ2n) is 2.42. The standard InChI is InChI=1S/C7H6N2O3S/c1-12-6(10)5-4-3(2-13-5)8-7(11)9-4/h2H,1H3,(H2,8,9,11). The Labute approximate surface area is 76.3 Å². The van der Waals surface area contributed by atoms with Gasteiger partial charge in [0, 0.05) is 5.38 Å². The third kappa shape index (κ3) is 1.15. The van der Waals surface area contributed by atoms with E-state index in [2.05, 4.69) is 14.7 Å². The van der Waals surface area contributed by atoms with Crippen LogP contribution in [0.1, 0.15) is 9.67 Å². The van der Waals surface area contributed by atoms with Crippen molar-refractivity contribution in [3.63, 3.8) is 0 Å². The third-order valence-corrected chi connectivity index (χ3v) is 2.61. The Morgan fingerprint density at radius 1 is 1.54 bits per heavy atom. The predicted molar refractivity (Wildman–Crippen MR) is 48.1 cm³/mol. The van der Waals surface area contributed by atoms with Crippen LogP contribution < -0.4 is 5.69 Å². The van der Waals surface area contributed by atoms with Crippen LogP contribution in [0.15, 0.2) is 10.2 Å². The molecule has 0 amide bonds. The van der Waals surface area contributed by atoms with Crippen LogP contribution in [0, 0.1) is 0 Å². The van der Waals surface area contributed by atoms with E-state index in [1.165, 1.54) is 18.4 Å². The van der Waals surface area contributed by atoms with Crippen LogP contribution in [0.2, 0.25) is 0 Å². The average molecular weight is 198 g/mol. The molecule has 13 heavy (non-hydrogen) atoms. The number of hydrogen-bond donors (Lipinski definition) is 2. The number of imidazole rings is 1. The lowest BCUT2D eigenvalue weighted by atomic mass is 10.4. The molecule has 2 rings (SSSR count). The molecule has 0 unspecified atom stereocenters. The van der Waals surface area contributed by atoms with Gasteiger partial charge >= 0.3 is 11.7 Å². The molecule has 0 saturated heterocycles. The lowest BCUT2D eigenvalue weighted by Crippen LogP contribution is -2.02. The second kappa shape index (κ2) is 2.74. The van der Waals surface area contributed by atoms with Gasteiger partial charge in [0.05, 0.1) is 18.1 Å². The van der Waals surface area contributed by atoms with Crippen LogP contribution in [0.25, 0.3) is 11.0 Å². The van der Waals surface area contributed by atoms with Crippen molar-refractivity contribution in [3.05, 3.63) is 20.7 Å². The molecule has 0 radical (unpaired) electrons. The Morgan fingerprint density at radius 2 is 2.31 bits per heavy atom. The van der Waals surface area contributed by atoms with Crippen molar-refractivity contribution in [2.24, 2.45) is 0 Å². The Hall–Kier alpha value is -1.56. The Kier molecular flexibility index (Phi) is 1.70. The number of fused-ring (bicyclic) bond motifs is 1. The number of carbonyl (C=O) groups is 1. The lowest BCUT2D eigenvalue weighted by molar-refractivity contribution is 0.0608. The van der Waals surface area contributed by atoms with E-state index in [0.29, 0.717) is 15.9 Å². The first-order valence-electron chi connectivity index (χ1n) is 3.50. The summed E-state index contributed by atoms with van der Waals surface area (Å²) in [6.07, 6.45) is 0. The summed E-state index contributed by atoms with van der Waals surface area (Å²) in [4.78, 5) is 27.5. The Morgan fingerprint density at radius 3 is 3.00 bits per heavy atom. The zero-order valence-corrected chi connectivity index (χ0v) is 7.53. The fourth-order valence-corrected chi connectivity index (χ4v) is 1.95. The highest BCUT2D eigenvalue weighted by molar-refractivity contribution is 7.13. The fourth-order valence-electron chi connectivity index (χ4n) is 1.08. The summed E-state index contributed by atoms with van der Waals surface area (Å²) in [5, 5.41) is 1.69. The van der Waals surface area contributed by atoms with Crippen molar-refractivity contribution >= 4 is 28.3 Å². The number of aromatic amines is 2. The number of methoxy groups -OCH3 is 1. The quantitative estimate of drug-likeness (QED) is 0.662. The van der Waals surface area contributed by atoms with E-state index < -0.39 is 5.97 Å². The molecule has 0 aliphatic carbocycles. The largest absolute Gasteiger partial charge is 0.465 e. The number of carbonyl (C=O) groups excluding carboxylic acids is 1. The Balaban J connectivity index is 2.69. The van der Waals surface area contributed by atoms with Crippen molar-refractivity contribution in [2.75, 3.05) is 7.11 Å². The maximum absolute atomic E-state index is 11.2. The summed E-state index contributed by atoms with van der Waals surface area (Å²) in [7, 11) is 1.30. The molecule has 0 aliphatic heterocycles. The van der Waals surface area contributed by atoms with Crippen molar-refractivity contribution in [1.29, 1.82) is 0 Å². The minimum atomic E-state index is -0.435. The van der Waals surface area contributed by atoms with E-state index >= 15 is 0 Å². The molecule has 2 heterocycles. The van der Waals surface area contributed by atoms with E-state index in [1.807, 2.05) is 0 Å². The highest BCUT2D eigenvalue weighted by Gasteiger charge is 2.14. The highest BCUT2D eigenvalue weighted by Crippen LogP contribution is 2.21. The van der Waals surface area contributed by atoms with E-state index in [4.69, 9.17) is 0 Å². The van der Waals surface area contributed by atoms with Gasteiger partial charge in [0.1, 0.15) is 4.88 Å². The molecule has 5 nitrogen and oxygen atoms in total. The van der Waals surface area contributed by atoms with Gasteiger partial charge in [-0.1, -0.05) is 0 Å². The fraction of sp³-hybridized carbons (Fsp3) is 0.143. The van der Waals surface area contributed by atoms with Gasteiger partial charge in [0.15, 0.2) is 0 Å². The summed E-state index contributed by atoms with van der Waals surface area (Å²) in [6.45, 7) is 0. The molecule has 0 bridgehead atoms. The van der Waals surface area contributed by atoms with Gasteiger partial charge in [-0.25, -0.2) is 9.59 Å². The highest BCUT2D eigenvalue weighted by atomic mass is 32.1. The van der Waals surface area contributed by atoms with Crippen LogP contribution in [0.5, 0.6) is 0 Å². The zero-order valence-electron chi connectivity index (χ0n) is 6.71. The SMILES string of the molecule is COC(=O)c1scc2[nH]c(=O)[nH]c12. The van der Waals surface area contributed by atoms with E-state index in [9.17, 15) is 9.59 Å². The first-order valence-corrected chi connectivity index (χ1v) is 4.38. The molecule has 2 aromatic rings. The van der Waals surface area contributed by atoms with Crippen LogP contribution in [-0.2, 0) is 4.74 Å². The molecule has 2 N–H and O–H groups in total. The summed E-state index contributed by atoms with van der Waals surface area (Å²) in [6, 6.07) is 0. The minimum Gasteiger partial charge on any atom is -0.465 e. The van der Waals surface area contributed by atoms with Gasteiger partial charge in [-0.05, 0) is 0 Å². The summed E-state index contributed by atoms with van der Waals surface area (Å²) < 4.78 is 4.55. The second-order valence-corrected chi connectivity index (χ2v) is 3.30. The van der Waals surface area contributed by atoms with Crippen molar-refractivity contribution < 1.29 is 9.53 Å². The molecule has 0 fully saturated rings. The molecule has 0 aliphatic rings. The summed E-state index contributed by atoms with van der Waals surface area (Å²) >= 11 is 1.23. The van der Waals surface area contributed by atoms with Crippen molar-refractivity contribution in [1.82, 2.24) is 9.97 Å². The Bertz CT molecular complexity index is 507. The van der Waals surface area contributed by atoms with E-state index in [1.54, 1.807) is 5.38 Å². The van der Waals surface area contributed by atoms with Crippen molar-refractivity contribution in [3.8, 4) is 0 Å². The van der Waals surface area contributed by atoms with Gasteiger partial charge in [-0.3, -0.25) is 0 Å². The van der Waals surface area contributed by atoms with Gasteiger partial charge in [0.25, 0.3) is 0 Å². The summed E-state index contributed by atoms with van der Waals surface area (Å²) in [5.41, 5.74) is 0.834. The minimum absolute atomic E-state index is 0.317. The van der Waals surface area contributed by atoms with Gasteiger partial charge in [-0.15, -0.1) is 11.3 Å². The molecular formula is C7H6N2O3S. The predicted octanol–water partition coefficient (Wildman–Crippen LogP) is 0.704. The number of ether oxygens (including phenoxy) is 1. The van der Waals surface area contributed by atoms with Crippen LogP contribution in [0.3, 0.4) is 0 Å². The molecule has 2 aromatic heterocycles. The first kappa shape index (κ1) is 8.06. The first-order chi connectivity index (χ1) is 6.22. The molecule has 0 atom stereocenters. The van der Waals surface area contributed by atoms with Gasteiger partial charge < -0.3 is 14.7 Å². The molecule has 6 heteroatoms. The van der Waals surface area contributed by atoms with Crippen LogP contribution in [-0.4, -0.2) is 23.0 Å². The number of rotatable bonds is 1. The number of hydrogen-bond acceptors (Lipinski definition) is 4. The van der Waals surface area contributed by atoms with E-state index in [0.717, 1.165) is 0 Å². The van der Waals surface area contributed by atoms with Gasteiger partial charge in [-0.2, -0.15) is 0 Å². The number of nitrogens with one attached hydrogen (secondary N) is 2. The summed E-state index contributed by atoms with van der Waals surface area (Å²) in [5.74, 6) is -0.435. The maximum Gasteiger partial charge on any atom is 0.350 e. The zero-order chi connectivity index (χ0) is 9.42. The number of aromatic nitrogens is 2. The molecule has 0 spiro atoms. The molecular weight excluding hydrogens is 192 g/mol. The maximum atomic E-state index is 11.2. The van der Waals surface area contributed by atoms with E-state index in [-0.39, 0.29) is 5.69 Å². The average Bonchev–Trinajstić information content (AvgIpc) is 2.61. The number of thiophene rings is 1. The van der Waals surface area contributed by atoms with Gasteiger partial charge in [0.2, 0.25) is 0 Å². The smallest absolute Gasteiger partial charge is 0.350 e. The normalized spacial score (nSPS) is 10.5. The van der Waals surface area contributed by atoms with Crippen LogP contribution >= 0.6 is 11.3 Å². The number of H-pyrrole nitrogens is 2. The topological polar surface area (TPSA) is 75.0 Å².